The van der Waals surface area contributed by atoms with Crippen molar-refractivity contribution >= 4 is 6.29 Å². The molecule has 24 heavy (non-hydrogen) atoms. The van der Waals surface area contributed by atoms with Crippen LogP contribution in [0.3, 0.4) is 0 Å². The van der Waals surface area contributed by atoms with E-state index < -0.39 is 0 Å². The summed E-state index contributed by atoms with van der Waals surface area (Å²) < 4.78 is 0. The Kier molecular flexibility index (Phi) is 15.5. The fourth-order valence-electron chi connectivity index (χ4n) is 1.91. The van der Waals surface area contributed by atoms with Crippen molar-refractivity contribution in [3.05, 3.63) is 70.5 Å². The average Bonchev–Trinajstić information content (AvgIpc) is 2.57. The molecule has 0 aromatic carbocycles. The quantitative estimate of drug-likeness (QED) is 0.135. The summed E-state index contributed by atoms with van der Waals surface area (Å²) >= 11 is 0. The molecule has 0 bridgehead atoms. The van der Waals surface area contributed by atoms with E-state index in [2.05, 4.69) is 43.4 Å². The van der Waals surface area contributed by atoms with E-state index in [9.17, 15) is 14.9 Å². The highest BCUT2D eigenvalue weighted by molar-refractivity contribution is 5.49. The Morgan fingerprint density at radius 2 is 1.38 bits per heavy atom. The number of unbranched alkanes of at least 4 members (excludes halogenated alkanes) is 1. The highest BCUT2D eigenvalue weighted by Gasteiger charge is 2.08. The molecular formula is C20H29NO3. The molecule has 0 aromatic rings. The van der Waals surface area contributed by atoms with Gasteiger partial charge in [0.05, 0.1) is 4.92 Å². The van der Waals surface area contributed by atoms with Crippen molar-refractivity contribution in [2.24, 2.45) is 0 Å². The molecule has 0 fully saturated rings. The molecule has 0 rings (SSSR count). The maximum Gasteiger partial charge on any atom is 0.242 e. The minimum atomic E-state index is -0.361. The molecule has 0 radical (unpaired) electrons. The van der Waals surface area contributed by atoms with Gasteiger partial charge in [-0.3, -0.25) is 10.1 Å². The van der Waals surface area contributed by atoms with Crippen molar-refractivity contribution < 1.29 is 9.72 Å². The van der Waals surface area contributed by atoms with Crippen LogP contribution in [0.5, 0.6) is 0 Å². The van der Waals surface area contributed by atoms with Gasteiger partial charge in [0.15, 0.2) is 0 Å². The summed E-state index contributed by atoms with van der Waals surface area (Å²) in [5.41, 5.74) is 0.194. The molecule has 4 heteroatoms. The van der Waals surface area contributed by atoms with Crippen LogP contribution < -0.4 is 0 Å². The van der Waals surface area contributed by atoms with E-state index in [4.69, 9.17) is 0 Å². The number of carbonyl (C=O) groups excluding carboxylic acids is 1. The number of nitrogens with zero attached hydrogens (tertiary/aromatic N) is 1. The second-order valence-electron chi connectivity index (χ2n) is 5.25. The SMILES string of the molecule is CC/C=C/C/C=C/C/C=C/C/C=C/C/C=C(/CCCC=O)[N+](=O)[O-]. The molecule has 132 valence electrons. The Balaban J connectivity index is 3.91. The summed E-state index contributed by atoms with van der Waals surface area (Å²) in [6.45, 7) is 2.12. The van der Waals surface area contributed by atoms with Crippen molar-refractivity contribution in [3.8, 4) is 0 Å². The van der Waals surface area contributed by atoms with Crippen LogP contribution >= 0.6 is 0 Å². The van der Waals surface area contributed by atoms with E-state index in [1.165, 1.54) is 0 Å². The topological polar surface area (TPSA) is 60.2 Å². The Bertz CT molecular complexity index is 485. The molecule has 0 N–H and O–H groups in total. The second kappa shape index (κ2) is 17.1. The zero-order valence-corrected chi connectivity index (χ0v) is 14.6. The van der Waals surface area contributed by atoms with Crippen LogP contribution in [-0.4, -0.2) is 11.2 Å². The van der Waals surface area contributed by atoms with Crippen LogP contribution in [-0.2, 0) is 4.79 Å². The third-order valence-electron chi connectivity index (χ3n) is 3.20. The Hall–Kier alpha value is -2.23. The molecule has 0 heterocycles. The standard InChI is InChI=1S/C20H29NO3/c1-2-3-4-5-6-7-8-9-10-11-12-13-14-17-20(21(23)24)18-15-16-19-22/h3-4,6-7,9-10,12-13,17,19H,2,5,8,11,14-16,18H2,1H3/b4-3+,7-6+,10-9+,13-12+,20-17-. The van der Waals surface area contributed by atoms with Gasteiger partial charge in [-0.05, 0) is 44.6 Å². The van der Waals surface area contributed by atoms with Gasteiger partial charge in [-0.15, -0.1) is 0 Å². The van der Waals surface area contributed by atoms with E-state index in [1.54, 1.807) is 6.08 Å². The largest absolute Gasteiger partial charge is 0.303 e. The molecule has 0 aliphatic heterocycles. The number of allylic oxidation sites excluding steroid dienone is 10. The lowest BCUT2D eigenvalue weighted by molar-refractivity contribution is -0.428. The maximum absolute atomic E-state index is 10.8. The van der Waals surface area contributed by atoms with Crippen LogP contribution in [0.2, 0.25) is 0 Å². The predicted molar refractivity (Wildman–Crippen MR) is 100 cm³/mol. The van der Waals surface area contributed by atoms with Gasteiger partial charge in [0, 0.05) is 12.8 Å². The molecule has 0 aliphatic rings. The monoisotopic (exact) mass is 331 g/mol. The van der Waals surface area contributed by atoms with Gasteiger partial charge in [0.2, 0.25) is 5.70 Å². The first-order valence-corrected chi connectivity index (χ1v) is 8.59. The van der Waals surface area contributed by atoms with E-state index in [0.29, 0.717) is 25.7 Å². The van der Waals surface area contributed by atoms with Gasteiger partial charge in [-0.25, -0.2) is 0 Å². The fourth-order valence-corrected chi connectivity index (χ4v) is 1.91. The Morgan fingerprint density at radius 1 is 0.875 bits per heavy atom. The predicted octanol–water partition coefficient (Wildman–Crippen LogP) is 5.71. The molecule has 0 amide bonds. The lowest BCUT2D eigenvalue weighted by Crippen LogP contribution is -1.98. The lowest BCUT2D eigenvalue weighted by atomic mass is 10.2. The number of rotatable bonds is 14. The summed E-state index contributed by atoms with van der Waals surface area (Å²) in [6, 6.07) is 0. The molecule has 0 saturated carbocycles. The van der Waals surface area contributed by atoms with Crippen molar-refractivity contribution in [1.29, 1.82) is 0 Å². The van der Waals surface area contributed by atoms with Crippen LogP contribution in [0.1, 0.15) is 58.3 Å². The summed E-state index contributed by atoms with van der Waals surface area (Å²) in [5.74, 6) is 0. The van der Waals surface area contributed by atoms with E-state index >= 15 is 0 Å². The van der Waals surface area contributed by atoms with Crippen molar-refractivity contribution in [3.63, 3.8) is 0 Å². The molecule has 0 aromatic heterocycles. The fraction of sp³-hybridized carbons (Fsp3) is 0.450. The minimum absolute atomic E-state index is 0.194. The summed E-state index contributed by atoms with van der Waals surface area (Å²) in [6.07, 6.45) is 24.8. The Labute approximate surface area is 145 Å². The van der Waals surface area contributed by atoms with Gasteiger partial charge >= 0.3 is 0 Å². The third-order valence-corrected chi connectivity index (χ3v) is 3.20. The molecule has 4 nitrogen and oxygen atoms in total. The highest BCUT2D eigenvalue weighted by atomic mass is 16.6. The molecule has 0 atom stereocenters. The maximum atomic E-state index is 10.8. The molecule has 0 spiro atoms. The molecule has 0 aliphatic carbocycles. The molecule has 0 unspecified atom stereocenters. The van der Waals surface area contributed by atoms with Gasteiger partial charge in [-0.2, -0.15) is 0 Å². The van der Waals surface area contributed by atoms with E-state index in [0.717, 1.165) is 32.0 Å². The normalized spacial score (nSPS) is 13.0. The van der Waals surface area contributed by atoms with Crippen LogP contribution in [0.25, 0.3) is 0 Å². The summed E-state index contributed by atoms with van der Waals surface area (Å²) in [4.78, 5) is 20.7. The van der Waals surface area contributed by atoms with Gasteiger partial charge < -0.3 is 4.79 Å². The third kappa shape index (κ3) is 14.7. The Morgan fingerprint density at radius 3 is 1.83 bits per heavy atom. The smallest absolute Gasteiger partial charge is 0.242 e. The number of nitro groups is 1. The van der Waals surface area contributed by atoms with Gasteiger partial charge in [-0.1, -0.05) is 55.5 Å². The number of hydrogen-bond donors (Lipinski definition) is 0. The number of aldehydes is 1. The molecular weight excluding hydrogens is 302 g/mol. The summed E-state index contributed by atoms with van der Waals surface area (Å²) in [7, 11) is 0. The zero-order chi connectivity index (χ0) is 17.9. The number of hydrogen-bond acceptors (Lipinski definition) is 3. The number of carbonyl (C=O) groups is 1. The molecule has 0 saturated heterocycles. The zero-order valence-electron chi connectivity index (χ0n) is 14.6. The first kappa shape index (κ1) is 21.8. The summed E-state index contributed by atoms with van der Waals surface area (Å²) in [5, 5.41) is 10.8. The van der Waals surface area contributed by atoms with E-state index in [1.807, 2.05) is 12.2 Å². The van der Waals surface area contributed by atoms with Crippen LogP contribution in [0.4, 0.5) is 0 Å². The van der Waals surface area contributed by atoms with Gasteiger partial charge in [0.25, 0.3) is 0 Å². The van der Waals surface area contributed by atoms with Crippen molar-refractivity contribution in [2.75, 3.05) is 0 Å². The van der Waals surface area contributed by atoms with Gasteiger partial charge in [0.1, 0.15) is 6.29 Å². The minimum Gasteiger partial charge on any atom is -0.303 e. The highest BCUT2D eigenvalue weighted by Crippen LogP contribution is 2.09. The van der Waals surface area contributed by atoms with Crippen LogP contribution in [0.15, 0.2) is 60.4 Å². The van der Waals surface area contributed by atoms with Crippen molar-refractivity contribution in [2.45, 2.75) is 58.3 Å². The van der Waals surface area contributed by atoms with Crippen molar-refractivity contribution in [1.82, 2.24) is 0 Å². The van der Waals surface area contributed by atoms with Crippen LogP contribution in [0, 0.1) is 10.1 Å². The van der Waals surface area contributed by atoms with E-state index in [-0.39, 0.29) is 10.6 Å². The first-order valence-electron chi connectivity index (χ1n) is 8.59. The second-order valence-corrected chi connectivity index (χ2v) is 5.25. The first-order chi connectivity index (χ1) is 11.7. The lowest BCUT2D eigenvalue weighted by Gasteiger charge is -1.95. The average molecular weight is 331 g/mol.